The molecule has 26 heavy (non-hydrogen) atoms. The van der Waals surface area contributed by atoms with Crippen molar-refractivity contribution in [3.05, 3.63) is 23.8 Å². The van der Waals surface area contributed by atoms with Crippen LogP contribution in [-0.4, -0.2) is 47.8 Å². The van der Waals surface area contributed by atoms with Crippen molar-refractivity contribution in [2.75, 3.05) is 19.9 Å². The lowest BCUT2D eigenvalue weighted by molar-refractivity contribution is -0.129. The number of hydrogen-bond acceptors (Lipinski definition) is 5. The summed E-state index contributed by atoms with van der Waals surface area (Å²) in [4.78, 5) is 26.5. The van der Waals surface area contributed by atoms with Gasteiger partial charge in [-0.05, 0) is 23.6 Å². The summed E-state index contributed by atoms with van der Waals surface area (Å²) in [6.07, 6.45) is 1.07. The zero-order valence-electron chi connectivity index (χ0n) is 15.2. The summed E-state index contributed by atoms with van der Waals surface area (Å²) < 4.78 is 10.7. The molecular formula is C19H26N2O5. The zero-order chi connectivity index (χ0) is 18.7. The van der Waals surface area contributed by atoms with Crippen molar-refractivity contribution >= 4 is 11.8 Å². The van der Waals surface area contributed by atoms with Gasteiger partial charge in [0.25, 0.3) is 0 Å². The molecule has 1 saturated heterocycles. The van der Waals surface area contributed by atoms with Crippen molar-refractivity contribution in [3.63, 3.8) is 0 Å². The highest BCUT2D eigenvalue weighted by molar-refractivity contribution is 5.89. The lowest BCUT2D eigenvalue weighted by Gasteiger charge is -2.24. The van der Waals surface area contributed by atoms with Gasteiger partial charge in [-0.3, -0.25) is 9.59 Å². The SMILES string of the molecule is CC[C@@H](C)[C@@H](CO)NC(=O)C1CC(=O)N(Cc2ccc3c(c2)OCO3)C1. The van der Waals surface area contributed by atoms with E-state index in [9.17, 15) is 14.7 Å². The second kappa shape index (κ2) is 7.95. The van der Waals surface area contributed by atoms with Crippen molar-refractivity contribution in [2.45, 2.75) is 39.3 Å². The number of rotatable bonds is 7. The molecule has 0 aliphatic carbocycles. The lowest BCUT2D eigenvalue weighted by Crippen LogP contribution is -2.45. The van der Waals surface area contributed by atoms with Crippen LogP contribution in [0.1, 0.15) is 32.3 Å². The quantitative estimate of drug-likeness (QED) is 0.763. The number of aliphatic hydroxyl groups excluding tert-OH is 1. The number of carbonyl (C=O) groups excluding carboxylic acids is 2. The van der Waals surface area contributed by atoms with Crippen molar-refractivity contribution in [1.29, 1.82) is 0 Å². The Hall–Kier alpha value is -2.28. The topological polar surface area (TPSA) is 88.1 Å². The highest BCUT2D eigenvalue weighted by Gasteiger charge is 2.35. The fourth-order valence-corrected chi connectivity index (χ4v) is 3.31. The maximum Gasteiger partial charge on any atom is 0.231 e. The highest BCUT2D eigenvalue weighted by Crippen LogP contribution is 2.33. The molecule has 7 heteroatoms. The third-order valence-corrected chi connectivity index (χ3v) is 5.25. The molecule has 1 aromatic rings. The molecule has 0 bridgehead atoms. The molecule has 142 valence electrons. The Morgan fingerprint density at radius 3 is 2.88 bits per heavy atom. The van der Waals surface area contributed by atoms with Gasteiger partial charge in [0.2, 0.25) is 18.6 Å². The predicted octanol–water partition coefficient (Wildman–Crippen LogP) is 1.29. The van der Waals surface area contributed by atoms with E-state index in [0.29, 0.717) is 24.6 Å². The first-order chi connectivity index (χ1) is 12.5. The molecular weight excluding hydrogens is 336 g/mol. The normalized spacial score (nSPS) is 21.0. The Morgan fingerprint density at radius 2 is 2.15 bits per heavy atom. The number of hydrogen-bond donors (Lipinski definition) is 2. The number of carbonyl (C=O) groups is 2. The molecule has 3 atom stereocenters. The fraction of sp³-hybridized carbons (Fsp3) is 0.579. The van der Waals surface area contributed by atoms with Gasteiger partial charge in [-0.25, -0.2) is 0 Å². The molecule has 2 aliphatic rings. The Bertz CT molecular complexity index is 678. The van der Waals surface area contributed by atoms with Gasteiger partial charge in [-0.15, -0.1) is 0 Å². The average molecular weight is 362 g/mol. The monoisotopic (exact) mass is 362 g/mol. The first-order valence-electron chi connectivity index (χ1n) is 9.09. The summed E-state index contributed by atoms with van der Waals surface area (Å²) in [7, 11) is 0. The van der Waals surface area contributed by atoms with Gasteiger partial charge in [0.05, 0.1) is 18.6 Å². The maximum atomic E-state index is 12.5. The number of benzene rings is 1. The molecule has 2 aliphatic heterocycles. The number of amides is 2. The molecule has 7 nitrogen and oxygen atoms in total. The molecule has 1 fully saturated rings. The Kier molecular flexibility index (Phi) is 5.66. The first kappa shape index (κ1) is 18.5. The number of fused-ring (bicyclic) bond motifs is 1. The first-order valence-corrected chi connectivity index (χ1v) is 9.09. The fourth-order valence-electron chi connectivity index (χ4n) is 3.31. The summed E-state index contributed by atoms with van der Waals surface area (Å²) in [5.41, 5.74) is 0.941. The van der Waals surface area contributed by atoms with Crippen molar-refractivity contribution in [1.82, 2.24) is 10.2 Å². The molecule has 1 aromatic carbocycles. The van der Waals surface area contributed by atoms with E-state index < -0.39 is 0 Å². The van der Waals surface area contributed by atoms with Crippen LogP contribution in [0.15, 0.2) is 18.2 Å². The third-order valence-electron chi connectivity index (χ3n) is 5.25. The minimum Gasteiger partial charge on any atom is -0.454 e. The predicted molar refractivity (Wildman–Crippen MR) is 94.6 cm³/mol. The van der Waals surface area contributed by atoms with E-state index in [1.807, 2.05) is 32.0 Å². The smallest absolute Gasteiger partial charge is 0.231 e. The van der Waals surface area contributed by atoms with E-state index in [2.05, 4.69) is 5.32 Å². The van der Waals surface area contributed by atoms with Crippen LogP contribution in [0.25, 0.3) is 0 Å². The molecule has 0 spiro atoms. The van der Waals surface area contributed by atoms with E-state index >= 15 is 0 Å². The van der Waals surface area contributed by atoms with E-state index in [-0.39, 0.29) is 49.5 Å². The summed E-state index contributed by atoms with van der Waals surface area (Å²) in [5, 5.41) is 12.4. The summed E-state index contributed by atoms with van der Waals surface area (Å²) in [6, 6.07) is 5.33. The summed E-state index contributed by atoms with van der Waals surface area (Å²) in [5.74, 6) is 1.000. The van der Waals surface area contributed by atoms with Gasteiger partial charge in [0, 0.05) is 19.5 Å². The van der Waals surface area contributed by atoms with E-state index in [1.54, 1.807) is 4.90 Å². The van der Waals surface area contributed by atoms with Crippen molar-refractivity contribution in [2.24, 2.45) is 11.8 Å². The van der Waals surface area contributed by atoms with Crippen LogP contribution < -0.4 is 14.8 Å². The number of nitrogens with one attached hydrogen (secondary N) is 1. The number of nitrogens with zero attached hydrogens (tertiary/aromatic N) is 1. The van der Waals surface area contributed by atoms with Gasteiger partial charge in [0.15, 0.2) is 11.5 Å². The van der Waals surface area contributed by atoms with Gasteiger partial charge >= 0.3 is 0 Å². The van der Waals surface area contributed by atoms with Crippen LogP contribution in [-0.2, 0) is 16.1 Å². The van der Waals surface area contributed by atoms with E-state index in [0.717, 1.165) is 12.0 Å². The number of likely N-dealkylation sites (tertiary alicyclic amines) is 1. The molecule has 0 saturated carbocycles. The molecule has 2 heterocycles. The van der Waals surface area contributed by atoms with E-state index in [4.69, 9.17) is 9.47 Å². The van der Waals surface area contributed by atoms with E-state index in [1.165, 1.54) is 0 Å². The molecule has 0 aromatic heterocycles. The lowest BCUT2D eigenvalue weighted by atomic mass is 9.98. The third kappa shape index (κ3) is 3.93. The minimum absolute atomic E-state index is 0.0353. The van der Waals surface area contributed by atoms with Crippen LogP contribution in [0, 0.1) is 11.8 Å². The van der Waals surface area contributed by atoms with Gasteiger partial charge in [-0.2, -0.15) is 0 Å². The second-order valence-electron chi connectivity index (χ2n) is 7.05. The largest absolute Gasteiger partial charge is 0.454 e. The summed E-state index contributed by atoms with van der Waals surface area (Å²) in [6.45, 7) is 4.96. The van der Waals surface area contributed by atoms with Crippen molar-refractivity contribution < 1.29 is 24.2 Å². The summed E-state index contributed by atoms with van der Waals surface area (Å²) >= 11 is 0. The molecule has 2 N–H and O–H groups in total. The standard InChI is InChI=1S/C19H26N2O5/c1-3-12(2)15(10-22)20-19(24)14-7-18(23)21(9-14)8-13-4-5-16-17(6-13)26-11-25-16/h4-6,12,14-15,22H,3,7-11H2,1-2H3,(H,20,24)/t12-,14?,15-/m1/s1. The van der Waals surface area contributed by atoms with Gasteiger partial charge < -0.3 is 24.8 Å². The maximum absolute atomic E-state index is 12.5. The Labute approximate surface area is 153 Å². The van der Waals surface area contributed by atoms with Crippen LogP contribution in [0.5, 0.6) is 11.5 Å². The highest BCUT2D eigenvalue weighted by atomic mass is 16.7. The van der Waals surface area contributed by atoms with Gasteiger partial charge in [-0.1, -0.05) is 26.3 Å². The number of ether oxygens (including phenoxy) is 2. The van der Waals surface area contributed by atoms with Gasteiger partial charge in [0.1, 0.15) is 0 Å². The van der Waals surface area contributed by atoms with Crippen LogP contribution in [0.2, 0.25) is 0 Å². The average Bonchev–Trinajstić information content (AvgIpc) is 3.25. The van der Waals surface area contributed by atoms with Crippen LogP contribution >= 0.6 is 0 Å². The zero-order valence-corrected chi connectivity index (χ0v) is 15.2. The Morgan fingerprint density at radius 1 is 1.38 bits per heavy atom. The van der Waals surface area contributed by atoms with Crippen LogP contribution in [0.4, 0.5) is 0 Å². The van der Waals surface area contributed by atoms with Crippen LogP contribution in [0.3, 0.4) is 0 Å². The molecule has 0 radical (unpaired) electrons. The molecule has 2 amide bonds. The minimum atomic E-state index is -0.380. The van der Waals surface area contributed by atoms with Crippen molar-refractivity contribution in [3.8, 4) is 11.5 Å². The molecule has 1 unspecified atom stereocenters. The molecule has 3 rings (SSSR count). The number of aliphatic hydroxyl groups is 1. The second-order valence-corrected chi connectivity index (χ2v) is 7.05. The Balaban J connectivity index is 1.58.